The zero-order valence-corrected chi connectivity index (χ0v) is 9.77. The van der Waals surface area contributed by atoms with Crippen LogP contribution in [-0.4, -0.2) is 30.8 Å². The molecule has 0 saturated carbocycles. The third-order valence-corrected chi connectivity index (χ3v) is 2.66. The lowest BCUT2D eigenvalue weighted by atomic mass is 10.1. The van der Waals surface area contributed by atoms with Crippen LogP contribution in [0.15, 0.2) is 18.3 Å². The summed E-state index contributed by atoms with van der Waals surface area (Å²) in [5.41, 5.74) is 1.18. The highest BCUT2D eigenvalue weighted by atomic mass is 16.6. The average Bonchev–Trinajstić information content (AvgIpc) is 2.25. The standard InChI is InChI=1S/C12H18N2O2/c1-3-13-9(2)10-4-5-12(14-6-10)16-11-7-15-8-11/h4-6,9,11,13H,3,7-8H2,1-2H3. The number of hydrogen-bond donors (Lipinski definition) is 1. The van der Waals surface area contributed by atoms with Crippen molar-refractivity contribution in [3.63, 3.8) is 0 Å². The van der Waals surface area contributed by atoms with Gasteiger partial charge in [-0.25, -0.2) is 4.98 Å². The molecule has 0 aromatic carbocycles. The second kappa shape index (κ2) is 5.27. The van der Waals surface area contributed by atoms with Gasteiger partial charge in [-0.05, 0) is 19.0 Å². The molecule has 1 saturated heterocycles. The molecule has 4 heteroatoms. The SMILES string of the molecule is CCNC(C)c1ccc(OC2COC2)nc1. The van der Waals surface area contributed by atoms with Gasteiger partial charge in [0.15, 0.2) is 0 Å². The van der Waals surface area contributed by atoms with Gasteiger partial charge in [-0.2, -0.15) is 0 Å². The van der Waals surface area contributed by atoms with Crippen LogP contribution in [0.1, 0.15) is 25.5 Å². The van der Waals surface area contributed by atoms with Crippen LogP contribution in [0.3, 0.4) is 0 Å². The first-order chi connectivity index (χ1) is 7.79. The van der Waals surface area contributed by atoms with E-state index in [4.69, 9.17) is 9.47 Å². The summed E-state index contributed by atoms with van der Waals surface area (Å²) < 4.78 is 10.6. The van der Waals surface area contributed by atoms with Gasteiger partial charge in [0.2, 0.25) is 5.88 Å². The van der Waals surface area contributed by atoms with E-state index >= 15 is 0 Å². The van der Waals surface area contributed by atoms with Crippen molar-refractivity contribution < 1.29 is 9.47 Å². The van der Waals surface area contributed by atoms with Gasteiger partial charge in [0.05, 0.1) is 13.2 Å². The maximum Gasteiger partial charge on any atom is 0.213 e. The molecule has 1 aromatic rings. The zero-order valence-electron chi connectivity index (χ0n) is 9.77. The van der Waals surface area contributed by atoms with Crippen molar-refractivity contribution in [2.24, 2.45) is 0 Å². The molecule has 1 aliphatic rings. The zero-order chi connectivity index (χ0) is 11.4. The molecule has 1 N–H and O–H groups in total. The number of nitrogens with zero attached hydrogens (tertiary/aromatic N) is 1. The maximum absolute atomic E-state index is 5.59. The molecular weight excluding hydrogens is 204 g/mol. The summed E-state index contributed by atoms with van der Waals surface area (Å²) in [6.45, 7) is 6.53. The van der Waals surface area contributed by atoms with E-state index in [-0.39, 0.29) is 6.10 Å². The van der Waals surface area contributed by atoms with Crippen molar-refractivity contribution in [2.45, 2.75) is 26.0 Å². The van der Waals surface area contributed by atoms with Crippen LogP contribution in [0.25, 0.3) is 0 Å². The van der Waals surface area contributed by atoms with Gasteiger partial charge < -0.3 is 14.8 Å². The summed E-state index contributed by atoms with van der Waals surface area (Å²) in [5.74, 6) is 0.681. The lowest BCUT2D eigenvalue weighted by molar-refractivity contribution is -0.0813. The Bertz CT molecular complexity index is 322. The second-order valence-corrected chi connectivity index (χ2v) is 3.99. The largest absolute Gasteiger partial charge is 0.469 e. The van der Waals surface area contributed by atoms with Gasteiger partial charge in [0, 0.05) is 18.3 Å². The van der Waals surface area contributed by atoms with E-state index in [0.717, 1.165) is 6.54 Å². The minimum atomic E-state index is 0.185. The monoisotopic (exact) mass is 222 g/mol. The number of hydrogen-bond acceptors (Lipinski definition) is 4. The van der Waals surface area contributed by atoms with Gasteiger partial charge in [-0.3, -0.25) is 0 Å². The smallest absolute Gasteiger partial charge is 0.213 e. The van der Waals surface area contributed by atoms with E-state index in [1.54, 1.807) is 0 Å². The number of ether oxygens (including phenoxy) is 2. The van der Waals surface area contributed by atoms with Crippen LogP contribution in [0, 0.1) is 0 Å². The molecule has 2 heterocycles. The lowest BCUT2D eigenvalue weighted by Gasteiger charge is -2.26. The van der Waals surface area contributed by atoms with Gasteiger partial charge in [0.25, 0.3) is 0 Å². The number of aromatic nitrogens is 1. The van der Waals surface area contributed by atoms with E-state index in [9.17, 15) is 0 Å². The molecule has 1 aliphatic heterocycles. The summed E-state index contributed by atoms with van der Waals surface area (Å²) in [7, 11) is 0. The molecule has 0 aliphatic carbocycles. The van der Waals surface area contributed by atoms with Crippen LogP contribution < -0.4 is 10.1 Å². The molecule has 88 valence electrons. The van der Waals surface area contributed by atoms with E-state index in [1.165, 1.54) is 5.56 Å². The molecule has 16 heavy (non-hydrogen) atoms. The molecule has 1 atom stereocenters. The Balaban J connectivity index is 1.92. The van der Waals surface area contributed by atoms with Crippen molar-refractivity contribution in [1.82, 2.24) is 10.3 Å². The van der Waals surface area contributed by atoms with Crippen molar-refractivity contribution in [2.75, 3.05) is 19.8 Å². The highest BCUT2D eigenvalue weighted by Gasteiger charge is 2.20. The summed E-state index contributed by atoms with van der Waals surface area (Å²) in [5, 5.41) is 3.34. The van der Waals surface area contributed by atoms with E-state index in [1.807, 2.05) is 12.3 Å². The Morgan fingerprint density at radius 1 is 1.56 bits per heavy atom. The Morgan fingerprint density at radius 2 is 2.38 bits per heavy atom. The van der Waals surface area contributed by atoms with Crippen molar-refractivity contribution in [3.05, 3.63) is 23.9 Å². The maximum atomic E-state index is 5.59. The van der Waals surface area contributed by atoms with Crippen LogP contribution in [0.4, 0.5) is 0 Å². The third kappa shape index (κ3) is 2.71. The van der Waals surface area contributed by atoms with Gasteiger partial charge >= 0.3 is 0 Å². The Kier molecular flexibility index (Phi) is 3.74. The molecular formula is C12H18N2O2. The fraction of sp³-hybridized carbons (Fsp3) is 0.583. The minimum absolute atomic E-state index is 0.185. The summed E-state index contributed by atoms with van der Waals surface area (Å²) in [6.07, 6.45) is 2.05. The van der Waals surface area contributed by atoms with Crippen molar-refractivity contribution in [1.29, 1.82) is 0 Å². The highest BCUT2D eigenvalue weighted by Crippen LogP contribution is 2.16. The Labute approximate surface area is 96.0 Å². The van der Waals surface area contributed by atoms with E-state index in [2.05, 4.69) is 30.2 Å². The summed E-state index contributed by atoms with van der Waals surface area (Å²) >= 11 is 0. The molecule has 1 fully saturated rings. The molecule has 2 rings (SSSR count). The molecule has 0 amide bonds. The van der Waals surface area contributed by atoms with Gasteiger partial charge in [-0.1, -0.05) is 13.0 Å². The lowest BCUT2D eigenvalue weighted by Crippen LogP contribution is -2.38. The Hall–Kier alpha value is -1.13. The molecule has 4 nitrogen and oxygen atoms in total. The van der Waals surface area contributed by atoms with E-state index in [0.29, 0.717) is 25.1 Å². The molecule has 1 unspecified atom stereocenters. The van der Waals surface area contributed by atoms with Gasteiger partial charge in [-0.15, -0.1) is 0 Å². The average molecular weight is 222 g/mol. The Morgan fingerprint density at radius 3 is 2.88 bits per heavy atom. The van der Waals surface area contributed by atoms with Crippen LogP contribution in [-0.2, 0) is 4.74 Å². The van der Waals surface area contributed by atoms with Crippen LogP contribution in [0.2, 0.25) is 0 Å². The molecule has 0 radical (unpaired) electrons. The van der Waals surface area contributed by atoms with E-state index < -0.39 is 0 Å². The first-order valence-electron chi connectivity index (χ1n) is 5.73. The van der Waals surface area contributed by atoms with Crippen molar-refractivity contribution >= 4 is 0 Å². The fourth-order valence-corrected chi connectivity index (χ4v) is 1.59. The topological polar surface area (TPSA) is 43.4 Å². The second-order valence-electron chi connectivity index (χ2n) is 3.99. The first kappa shape index (κ1) is 11.4. The number of nitrogens with one attached hydrogen (secondary N) is 1. The quantitative estimate of drug-likeness (QED) is 0.820. The van der Waals surface area contributed by atoms with Gasteiger partial charge in [0.1, 0.15) is 6.10 Å². The predicted molar refractivity (Wildman–Crippen MR) is 61.6 cm³/mol. The fourth-order valence-electron chi connectivity index (χ4n) is 1.59. The molecule has 0 spiro atoms. The predicted octanol–water partition coefficient (Wildman–Crippen LogP) is 1.53. The highest BCUT2D eigenvalue weighted by molar-refractivity contribution is 5.20. The van der Waals surface area contributed by atoms with Crippen LogP contribution in [0.5, 0.6) is 5.88 Å². The summed E-state index contributed by atoms with van der Waals surface area (Å²) in [6, 6.07) is 4.30. The number of rotatable bonds is 5. The van der Waals surface area contributed by atoms with Crippen LogP contribution >= 0.6 is 0 Å². The molecule has 0 bridgehead atoms. The first-order valence-corrected chi connectivity index (χ1v) is 5.73. The minimum Gasteiger partial charge on any atom is -0.469 e. The molecule has 1 aromatic heterocycles. The third-order valence-electron chi connectivity index (χ3n) is 2.66. The normalized spacial score (nSPS) is 17.9. The van der Waals surface area contributed by atoms with Crippen molar-refractivity contribution in [3.8, 4) is 5.88 Å². The number of pyridine rings is 1. The summed E-state index contributed by atoms with van der Waals surface area (Å²) in [4.78, 5) is 4.29.